The van der Waals surface area contributed by atoms with Gasteiger partial charge in [-0.25, -0.2) is 4.98 Å². The van der Waals surface area contributed by atoms with Crippen LogP contribution in [0.15, 0.2) is 10.7 Å². The summed E-state index contributed by atoms with van der Waals surface area (Å²) in [6.45, 7) is 0.243. The van der Waals surface area contributed by atoms with E-state index in [9.17, 15) is 4.79 Å². The van der Waals surface area contributed by atoms with E-state index >= 15 is 0 Å². The molecule has 0 aliphatic carbocycles. The number of carbonyl (C=O) groups is 1. The summed E-state index contributed by atoms with van der Waals surface area (Å²) in [5, 5.41) is 8.36. The Morgan fingerprint density at radius 3 is 3.00 bits per heavy atom. The number of oxazole rings is 1. The van der Waals surface area contributed by atoms with Crippen LogP contribution in [0.4, 0.5) is 0 Å². The van der Waals surface area contributed by atoms with Crippen LogP contribution in [0.3, 0.4) is 0 Å². The van der Waals surface area contributed by atoms with Gasteiger partial charge in [-0.15, -0.1) is 0 Å². The molecule has 0 spiro atoms. The maximum atomic E-state index is 10.2. The fourth-order valence-electron chi connectivity index (χ4n) is 0.793. The number of nitrogens with two attached hydrogens (primary N) is 1. The van der Waals surface area contributed by atoms with E-state index in [0.29, 0.717) is 18.0 Å². The fourth-order valence-corrected chi connectivity index (χ4v) is 0.793. The minimum absolute atomic E-state index is 0.0660. The molecule has 0 aromatic carbocycles. The van der Waals surface area contributed by atoms with Crippen LogP contribution in [0.2, 0.25) is 0 Å². The Kier molecular flexibility index (Phi) is 2.82. The Hall–Kier alpha value is -1.36. The van der Waals surface area contributed by atoms with Gasteiger partial charge in [0.25, 0.3) is 0 Å². The van der Waals surface area contributed by atoms with Crippen molar-refractivity contribution in [2.75, 3.05) is 0 Å². The highest BCUT2D eigenvalue weighted by Crippen LogP contribution is 2.03. The molecular formula is C7H10N2O3. The van der Waals surface area contributed by atoms with E-state index in [0.717, 1.165) is 0 Å². The topological polar surface area (TPSA) is 89.3 Å². The van der Waals surface area contributed by atoms with Gasteiger partial charge in [0.2, 0.25) is 5.89 Å². The Bertz CT molecular complexity index is 269. The standard InChI is InChI=1S/C7H10N2O3/c8-3-6-9-5(4-12-6)1-2-7(10)11/h4H,1-3,8H2,(H,10,11). The second kappa shape index (κ2) is 3.87. The van der Waals surface area contributed by atoms with Crippen molar-refractivity contribution in [3.8, 4) is 0 Å². The summed E-state index contributed by atoms with van der Waals surface area (Å²) in [6.07, 6.45) is 1.89. The van der Waals surface area contributed by atoms with Crippen LogP contribution in [-0.4, -0.2) is 16.1 Å². The van der Waals surface area contributed by atoms with Crippen LogP contribution < -0.4 is 5.73 Å². The van der Waals surface area contributed by atoms with Gasteiger partial charge in [-0.3, -0.25) is 4.79 Å². The molecule has 5 nitrogen and oxygen atoms in total. The van der Waals surface area contributed by atoms with Crippen LogP contribution in [0, 0.1) is 0 Å². The molecule has 1 aromatic rings. The zero-order valence-corrected chi connectivity index (χ0v) is 6.49. The Morgan fingerprint density at radius 1 is 1.75 bits per heavy atom. The summed E-state index contributed by atoms with van der Waals surface area (Å²) in [5.74, 6) is -0.400. The number of aryl methyl sites for hydroxylation is 1. The van der Waals surface area contributed by atoms with Gasteiger partial charge >= 0.3 is 5.97 Å². The Morgan fingerprint density at radius 2 is 2.50 bits per heavy atom. The van der Waals surface area contributed by atoms with Crippen LogP contribution in [0.5, 0.6) is 0 Å². The molecule has 0 bridgehead atoms. The van der Waals surface area contributed by atoms with Crippen LogP contribution >= 0.6 is 0 Å². The lowest BCUT2D eigenvalue weighted by molar-refractivity contribution is -0.136. The first-order chi connectivity index (χ1) is 5.72. The molecule has 5 heteroatoms. The molecule has 1 heterocycles. The molecule has 0 amide bonds. The van der Waals surface area contributed by atoms with E-state index < -0.39 is 5.97 Å². The Balaban J connectivity index is 2.47. The lowest BCUT2D eigenvalue weighted by atomic mass is 10.2. The van der Waals surface area contributed by atoms with Gasteiger partial charge < -0.3 is 15.3 Å². The number of hydrogen-bond donors (Lipinski definition) is 2. The minimum atomic E-state index is -0.840. The molecule has 0 aliphatic rings. The van der Waals surface area contributed by atoms with Crippen molar-refractivity contribution in [3.05, 3.63) is 17.8 Å². The van der Waals surface area contributed by atoms with Gasteiger partial charge in [0, 0.05) is 6.42 Å². The highest BCUT2D eigenvalue weighted by molar-refractivity contribution is 5.66. The number of carboxylic acids is 1. The molecule has 0 saturated carbocycles. The van der Waals surface area contributed by atoms with Crippen molar-refractivity contribution in [2.45, 2.75) is 19.4 Å². The molecule has 1 aromatic heterocycles. The molecule has 12 heavy (non-hydrogen) atoms. The Labute approximate surface area is 69.2 Å². The first kappa shape index (κ1) is 8.73. The van der Waals surface area contributed by atoms with E-state index in [-0.39, 0.29) is 13.0 Å². The molecule has 0 atom stereocenters. The zero-order valence-electron chi connectivity index (χ0n) is 6.49. The third kappa shape index (κ3) is 2.35. The summed E-state index contributed by atoms with van der Waals surface area (Å²) in [5.41, 5.74) is 5.88. The zero-order chi connectivity index (χ0) is 8.97. The summed E-state index contributed by atoms with van der Waals surface area (Å²) in [7, 11) is 0. The van der Waals surface area contributed by atoms with Gasteiger partial charge in [0.15, 0.2) is 0 Å². The molecule has 0 radical (unpaired) electrons. The van der Waals surface area contributed by atoms with Gasteiger partial charge in [-0.2, -0.15) is 0 Å². The normalized spacial score (nSPS) is 10.1. The largest absolute Gasteiger partial charge is 0.481 e. The predicted octanol–water partition coefficient (Wildman–Crippen LogP) is 0.150. The molecule has 0 aliphatic heterocycles. The monoisotopic (exact) mass is 170 g/mol. The smallest absolute Gasteiger partial charge is 0.303 e. The molecule has 0 unspecified atom stereocenters. The van der Waals surface area contributed by atoms with E-state index in [1.54, 1.807) is 0 Å². The first-order valence-corrected chi connectivity index (χ1v) is 3.57. The molecule has 1 rings (SSSR count). The predicted molar refractivity (Wildman–Crippen MR) is 40.4 cm³/mol. The van der Waals surface area contributed by atoms with Gasteiger partial charge in [-0.05, 0) is 0 Å². The average Bonchev–Trinajstić information content (AvgIpc) is 2.48. The third-order valence-electron chi connectivity index (χ3n) is 1.37. The van der Waals surface area contributed by atoms with Crippen LogP contribution in [0.1, 0.15) is 18.0 Å². The van der Waals surface area contributed by atoms with Crippen molar-refractivity contribution >= 4 is 5.97 Å². The highest BCUT2D eigenvalue weighted by Gasteiger charge is 2.04. The van der Waals surface area contributed by atoms with Crippen molar-refractivity contribution in [1.82, 2.24) is 4.98 Å². The first-order valence-electron chi connectivity index (χ1n) is 3.57. The van der Waals surface area contributed by atoms with E-state index in [1.165, 1.54) is 6.26 Å². The van der Waals surface area contributed by atoms with E-state index in [4.69, 9.17) is 15.3 Å². The average molecular weight is 170 g/mol. The molecule has 3 N–H and O–H groups in total. The number of rotatable bonds is 4. The third-order valence-corrected chi connectivity index (χ3v) is 1.37. The van der Waals surface area contributed by atoms with Gasteiger partial charge in [0.1, 0.15) is 6.26 Å². The number of aliphatic carboxylic acids is 1. The maximum absolute atomic E-state index is 10.2. The quantitative estimate of drug-likeness (QED) is 0.671. The molecular weight excluding hydrogens is 160 g/mol. The summed E-state index contributed by atoms with van der Waals surface area (Å²) >= 11 is 0. The van der Waals surface area contributed by atoms with Crippen molar-refractivity contribution in [3.63, 3.8) is 0 Å². The molecule has 0 fully saturated rings. The van der Waals surface area contributed by atoms with Gasteiger partial charge in [-0.1, -0.05) is 0 Å². The number of carboxylic acid groups (broad SMARTS) is 1. The molecule has 66 valence electrons. The number of aromatic nitrogens is 1. The lowest BCUT2D eigenvalue weighted by Crippen LogP contribution is -1.99. The summed E-state index contributed by atoms with van der Waals surface area (Å²) < 4.78 is 4.92. The lowest BCUT2D eigenvalue weighted by Gasteiger charge is -1.88. The fraction of sp³-hybridized carbons (Fsp3) is 0.429. The second-order valence-corrected chi connectivity index (χ2v) is 2.33. The highest BCUT2D eigenvalue weighted by atomic mass is 16.4. The minimum Gasteiger partial charge on any atom is -0.481 e. The van der Waals surface area contributed by atoms with Gasteiger partial charge in [0.05, 0.1) is 18.7 Å². The van der Waals surface area contributed by atoms with Crippen molar-refractivity contribution in [2.24, 2.45) is 5.73 Å². The summed E-state index contributed by atoms with van der Waals surface area (Å²) in [6, 6.07) is 0. The van der Waals surface area contributed by atoms with E-state index in [1.807, 2.05) is 0 Å². The van der Waals surface area contributed by atoms with Crippen LogP contribution in [0.25, 0.3) is 0 Å². The van der Waals surface area contributed by atoms with Crippen molar-refractivity contribution in [1.29, 1.82) is 0 Å². The van der Waals surface area contributed by atoms with E-state index in [2.05, 4.69) is 4.98 Å². The number of hydrogen-bond acceptors (Lipinski definition) is 4. The summed E-state index contributed by atoms with van der Waals surface area (Å²) in [4.78, 5) is 14.1. The van der Waals surface area contributed by atoms with Crippen molar-refractivity contribution < 1.29 is 14.3 Å². The van der Waals surface area contributed by atoms with Crippen LogP contribution in [-0.2, 0) is 17.8 Å². The maximum Gasteiger partial charge on any atom is 0.303 e. The number of nitrogens with zero attached hydrogens (tertiary/aromatic N) is 1. The molecule has 0 saturated heterocycles. The second-order valence-electron chi connectivity index (χ2n) is 2.33. The SMILES string of the molecule is NCc1nc(CCC(=O)O)co1.